The number of rotatable bonds is 2. The van der Waals surface area contributed by atoms with Crippen molar-refractivity contribution >= 4 is 85.4 Å². The number of hydrogen-bond donors (Lipinski definition) is 1. The Balaban J connectivity index is 0.000000158. The van der Waals surface area contributed by atoms with Gasteiger partial charge in [0, 0.05) is 51.7 Å². The number of carbonyl (C=O) groups is 1. The Morgan fingerprint density at radius 3 is 1.74 bits per heavy atom. The second kappa shape index (κ2) is 19.5. The van der Waals surface area contributed by atoms with Gasteiger partial charge >= 0.3 is 55.3 Å². The summed E-state index contributed by atoms with van der Waals surface area (Å²) in [5.41, 5.74) is 6.12. The summed E-state index contributed by atoms with van der Waals surface area (Å²) in [6.45, 7) is 0. The maximum Gasteiger partial charge on any atom is 0.143 e. The first-order valence-corrected chi connectivity index (χ1v) is 25.9. The average molecular weight is 841 g/mol. The molecule has 3 heterocycles. The fraction of sp³-hybridized carbons (Fsp3) is 0.190. The number of Topliss-reactive ketones (excluding diaryl/α,β-unsaturated/α-hetero) is 1. The second-order valence-electron chi connectivity index (χ2n) is 12.5. The number of halogens is 4. The Morgan fingerprint density at radius 1 is 0.623 bits per heavy atom. The van der Waals surface area contributed by atoms with Gasteiger partial charge in [-0.3, -0.25) is 9.97 Å². The molecular formula is C42H40Cl4N2O3PTi+. The molecule has 3 aromatic heterocycles. The predicted molar refractivity (Wildman–Crippen MR) is 225 cm³/mol. The normalized spacial score (nSPS) is 13.5. The molecular weight excluding hydrogens is 801 g/mol. The molecule has 4 aromatic carbocycles. The van der Waals surface area contributed by atoms with Crippen molar-refractivity contribution in [2.45, 2.75) is 51.4 Å². The third kappa shape index (κ3) is 11.0. The number of nitrogens with zero attached hydrogens (tertiary/aromatic N) is 2. The van der Waals surface area contributed by atoms with Gasteiger partial charge in [0.05, 0.1) is 24.2 Å². The largest absolute Gasteiger partial charge is 0.460 e. The number of aromatic nitrogens is 2. The minimum atomic E-state index is -3.11. The summed E-state index contributed by atoms with van der Waals surface area (Å²) in [7, 11) is 20.1. The monoisotopic (exact) mass is 839 g/mol. The standard InChI is InChI=1S/C21H17NO.C15H11NO.C6H9O.4ClH.H3P.Ti/c1-2-7-15-14(6-1)12-13-22-20(15)18-10-5-9-17-16-8-3-4-11-19(16)23-21(17)18;17-14-8-4-3-7-13(14)15-12-6-2-1-5-11(12)9-10-16-15;7-6-4-2-1-3-5-6;;;;;;/h1-2,5-7,9-10,12-13H,3-4,8,11H2;1-10,17H;4H,1-3,5H2;4*1H;1H3;/q;;+1;;;;;;+4/p-4. The second-order valence-corrected chi connectivity index (χ2v) is 28.0. The first-order chi connectivity index (χ1) is 25.2. The number of phenolic OH excluding ortho intramolecular Hbond substituents is 1. The summed E-state index contributed by atoms with van der Waals surface area (Å²) in [6, 6.07) is 34.2. The maximum absolute atomic E-state index is 10.4. The number of pyridine rings is 2. The van der Waals surface area contributed by atoms with E-state index in [4.69, 9.17) is 41.6 Å². The number of para-hydroxylation sites is 2. The molecule has 0 saturated heterocycles. The Hall–Kier alpha value is -3.12. The van der Waals surface area contributed by atoms with Crippen LogP contribution >= 0.6 is 47.1 Å². The molecule has 9 rings (SSSR count). The first kappa shape index (κ1) is 41.1. The zero-order valence-corrected chi connectivity index (χ0v) is 35.1. The molecule has 0 aliphatic heterocycles. The van der Waals surface area contributed by atoms with E-state index in [1.165, 1.54) is 46.7 Å². The van der Waals surface area contributed by atoms with Gasteiger partial charge in [-0.25, -0.2) is 4.79 Å². The van der Waals surface area contributed by atoms with Crippen LogP contribution in [0.15, 0.2) is 120 Å². The zero-order valence-electron chi connectivity index (χ0n) is 29.1. The number of phenols is 1. The maximum atomic E-state index is 10.4. The molecule has 0 amide bonds. The molecule has 2 aliphatic carbocycles. The van der Waals surface area contributed by atoms with Crippen molar-refractivity contribution < 1.29 is 26.7 Å². The zero-order chi connectivity index (χ0) is 36.5. The third-order valence-corrected chi connectivity index (χ3v) is 8.99. The summed E-state index contributed by atoms with van der Waals surface area (Å²) in [5.74, 6) is 1.78. The van der Waals surface area contributed by atoms with Crippen LogP contribution in [-0.2, 0) is 30.0 Å². The van der Waals surface area contributed by atoms with E-state index in [-0.39, 0.29) is 15.6 Å². The number of furan rings is 1. The van der Waals surface area contributed by atoms with E-state index in [1.54, 1.807) is 18.7 Å². The minimum Gasteiger partial charge on any atom is -0.460 e. The Morgan fingerprint density at radius 2 is 1.15 bits per heavy atom. The molecule has 5 nitrogen and oxygen atoms in total. The molecule has 53 heavy (non-hydrogen) atoms. The summed E-state index contributed by atoms with van der Waals surface area (Å²) in [6.07, 6.45) is 14.3. The molecule has 1 saturated carbocycles. The van der Waals surface area contributed by atoms with Crippen molar-refractivity contribution in [2.24, 2.45) is 0 Å². The van der Waals surface area contributed by atoms with Crippen molar-refractivity contribution in [1.82, 2.24) is 9.97 Å². The van der Waals surface area contributed by atoms with Crippen LogP contribution in [-0.4, -0.2) is 20.9 Å². The third-order valence-electron chi connectivity index (χ3n) is 8.99. The quantitative estimate of drug-likeness (QED) is 0.107. The number of aryl methyl sites for hydroxylation is 2. The minimum absolute atomic E-state index is 0. The average Bonchev–Trinajstić information content (AvgIpc) is 3.54. The molecule has 11 heteroatoms. The van der Waals surface area contributed by atoms with Crippen LogP contribution in [0.4, 0.5) is 0 Å². The van der Waals surface area contributed by atoms with E-state index >= 15 is 0 Å². The van der Waals surface area contributed by atoms with Crippen LogP contribution < -0.4 is 0 Å². The van der Waals surface area contributed by atoms with Gasteiger partial charge in [0.2, 0.25) is 0 Å². The summed E-state index contributed by atoms with van der Waals surface area (Å²) < 4.78 is 6.28. The Labute approximate surface area is 332 Å². The van der Waals surface area contributed by atoms with E-state index in [9.17, 15) is 9.90 Å². The Kier molecular flexibility index (Phi) is 15.1. The van der Waals surface area contributed by atoms with Crippen molar-refractivity contribution in [3.8, 4) is 28.3 Å². The Bertz CT molecular complexity index is 2290. The van der Waals surface area contributed by atoms with Gasteiger partial charge < -0.3 is 9.52 Å². The molecule has 2 aliphatic rings. The molecule has 0 radical (unpaired) electrons. The first-order valence-electron chi connectivity index (χ1n) is 17.3. The summed E-state index contributed by atoms with van der Waals surface area (Å²) in [4.78, 5) is 19.5. The molecule has 1 unspecified atom stereocenters. The summed E-state index contributed by atoms with van der Waals surface area (Å²) in [5, 5.41) is 15.7. The fourth-order valence-corrected chi connectivity index (χ4v) is 6.62. The van der Waals surface area contributed by atoms with E-state index in [1.807, 2.05) is 54.7 Å². The fourth-order valence-electron chi connectivity index (χ4n) is 6.62. The van der Waals surface area contributed by atoms with E-state index < -0.39 is 12.3 Å². The topological polar surface area (TPSA) is 76.2 Å². The molecule has 1 N–H and O–H groups in total. The molecule has 1 atom stereocenters. The number of ketones is 1. The van der Waals surface area contributed by atoms with Crippen LogP contribution in [0.5, 0.6) is 5.75 Å². The number of aromatic hydroxyl groups is 1. The van der Waals surface area contributed by atoms with Gasteiger partial charge in [0.1, 0.15) is 23.5 Å². The smallest absolute Gasteiger partial charge is 0.143 e. The van der Waals surface area contributed by atoms with Crippen molar-refractivity contribution in [3.63, 3.8) is 0 Å². The van der Waals surface area contributed by atoms with Crippen LogP contribution in [0, 0.1) is 6.42 Å². The predicted octanol–water partition coefficient (Wildman–Crippen LogP) is 13.3. The molecule has 7 aromatic rings. The van der Waals surface area contributed by atoms with Crippen molar-refractivity contribution in [2.75, 3.05) is 0 Å². The van der Waals surface area contributed by atoms with Gasteiger partial charge in [-0.1, -0.05) is 72.8 Å². The van der Waals surface area contributed by atoms with Crippen LogP contribution in [0.25, 0.3) is 55.0 Å². The summed E-state index contributed by atoms with van der Waals surface area (Å²) >= 11 is -3.11. The van der Waals surface area contributed by atoms with Gasteiger partial charge in [-0.15, -0.1) is 0 Å². The van der Waals surface area contributed by atoms with Gasteiger partial charge in [-0.05, 0) is 73.2 Å². The van der Waals surface area contributed by atoms with E-state index in [0.717, 1.165) is 71.0 Å². The number of fused-ring (bicyclic) bond motifs is 5. The number of carbonyl (C=O) groups excluding carboxylic acids is 1. The van der Waals surface area contributed by atoms with Crippen LogP contribution in [0.2, 0.25) is 0 Å². The molecule has 1 fully saturated rings. The van der Waals surface area contributed by atoms with E-state index in [2.05, 4.69) is 58.5 Å². The van der Waals surface area contributed by atoms with Gasteiger partial charge in [0.25, 0.3) is 0 Å². The SMILES string of the molecule is O=C1[CH+]CCCC1.Oc1ccccc1-c1nccc2ccccc12.P.[Cl][Ti]([Cl])([Cl])[Cl].c1ccc2c(-c3cccc4c5c(oc34)CCCC5)nccc2c1. The van der Waals surface area contributed by atoms with Crippen molar-refractivity contribution in [3.05, 3.63) is 133 Å². The van der Waals surface area contributed by atoms with Gasteiger partial charge in [-0.2, -0.15) is 9.90 Å². The molecule has 0 bridgehead atoms. The molecule has 272 valence electrons. The van der Waals surface area contributed by atoms with Gasteiger partial charge in [0.15, 0.2) is 0 Å². The van der Waals surface area contributed by atoms with Crippen LogP contribution in [0.3, 0.4) is 0 Å². The van der Waals surface area contributed by atoms with Crippen LogP contribution in [0.1, 0.15) is 49.8 Å². The number of hydrogen-bond acceptors (Lipinski definition) is 5. The number of benzene rings is 4. The molecule has 0 spiro atoms. The van der Waals surface area contributed by atoms with Crippen molar-refractivity contribution in [1.29, 1.82) is 0 Å². The van der Waals surface area contributed by atoms with E-state index in [0.29, 0.717) is 5.78 Å².